The Morgan fingerprint density at radius 1 is 1.37 bits per heavy atom. The molecule has 1 atom stereocenters. The second-order valence-electron chi connectivity index (χ2n) is 4.96. The Labute approximate surface area is 111 Å². The van der Waals surface area contributed by atoms with E-state index in [9.17, 15) is 14.0 Å². The number of hydrogen-bond donors (Lipinski definition) is 2. The van der Waals surface area contributed by atoms with Gasteiger partial charge >= 0.3 is 0 Å². The van der Waals surface area contributed by atoms with Crippen molar-refractivity contribution < 1.29 is 14.0 Å². The molecule has 4 nitrogen and oxygen atoms in total. The van der Waals surface area contributed by atoms with Crippen molar-refractivity contribution in [2.24, 2.45) is 0 Å². The minimum atomic E-state index is -0.672. The first-order chi connectivity index (χ1) is 8.97. The lowest BCUT2D eigenvalue weighted by Gasteiger charge is -2.14. The number of carbonyl (C=O) groups excluding carboxylic acids is 2. The zero-order valence-corrected chi connectivity index (χ0v) is 11.0. The van der Waals surface area contributed by atoms with Crippen molar-refractivity contribution in [3.05, 3.63) is 35.1 Å². The molecule has 19 heavy (non-hydrogen) atoms. The van der Waals surface area contributed by atoms with Crippen LogP contribution in [0.4, 0.5) is 4.39 Å². The van der Waals surface area contributed by atoms with E-state index < -0.39 is 17.8 Å². The van der Waals surface area contributed by atoms with Crippen molar-refractivity contribution in [1.29, 1.82) is 0 Å². The molecule has 1 fully saturated rings. The predicted molar refractivity (Wildman–Crippen MR) is 69.2 cm³/mol. The lowest BCUT2D eigenvalue weighted by atomic mass is 10.1. The molecule has 102 valence electrons. The van der Waals surface area contributed by atoms with Gasteiger partial charge in [0.25, 0.3) is 5.91 Å². The van der Waals surface area contributed by atoms with Crippen LogP contribution in [0, 0.1) is 12.7 Å². The smallest absolute Gasteiger partial charge is 0.254 e. The Balaban J connectivity index is 1.97. The topological polar surface area (TPSA) is 58.2 Å². The molecular formula is C14H17FN2O2. The highest BCUT2D eigenvalue weighted by Gasteiger charge is 2.26. The van der Waals surface area contributed by atoms with Gasteiger partial charge in [-0.2, -0.15) is 0 Å². The number of amides is 2. The quantitative estimate of drug-likeness (QED) is 0.866. The number of benzene rings is 1. The summed E-state index contributed by atoms with van der Waals surface area (Å²) in [5.74, 6) is -1.38. The minimum Gasteiger partial charge on any atom is -0.352 e. The maximum absolute atomic E-state index is 13.6. The summed E-state index contributed by atoms with van der Waals surface area (Å²) in [4.78, 5) is 23.5. The second-order valence-corrected chi connectivity index (χ2v) is 4.96. The zero-order chi connectivity index (χ0) is 14.0. The van der Waals surface area contributed by atoms with Gasteiger partial charge < -0.3 is 10.6 Å². The van der Waals surface area contributed by atoms with E-state index in [1.54, 1.807) is 19.9 Å². The van der Waals surface area contributed by atoms with E-state index in [1.165, 1.54) is 12.1 Å². The number of halogens is 1. The summed E-state index contributed by atoms with van der Waals surface area (Å²) in [6.07, 6.45) is 1.97. The SMILES string of the molecule is Cc1ccc(C(=O)NC(C)C(=O)NC2CC2)c(F)c1. The zero-order valence-electron chi connectivity index (χ0n) is 11.0. The summed E-state index contributed by atoms with van der Waals surface area (Å²) in [6, 6.07) is 3.94. The van der Waals surface area contributed by atoms with Crippen LogP contribution in [0.1, 0.15) is 35.7 Å². The van der Waals surface area contributed by atoms with E-state index in [0.717, 1.165) is 18.4 Å². The van der Waals surface area contributed by atoms with Crippen molar-refractivity contribution in [3.63, 3.8) is 0 Å². The third-order valence-corrected chi connectivity index (χ3v) is 3.03. The van der Waals surface area contributed by atoms with E-state index in [-0.39, 0.29) is 17.5 Å². The normalized spacial score (nSPS) is 15.7. The fourth-order valence-electron chi connectivity index (χ4n) is 1.70. The van der Waals surface area contributed by atoms with E-state index in [4.69, 9.17) is 0 Å². The molecule has 1 aliphatic rings. The number of hydrogen-bond acceptors (Lipinski definition) is 2. The van der Waals surface area contributed by atoms with Crippen molar-refractivity contribution in [1.82, 2.24) is 10.6 Å². The van der Waals surface area contributed by atoms with Crippen LogP contribution < -0.4 is 10.6 Å². The van der Waals surface area contributed by atoms with Gasteiger partial charge in [-0.3, -0.25) is 9.59 Å². The summed E-state index contributed by atoms with van der Waals surface area (Å²) in [7, 11) is 0. The molecule has 1 aromatic carbocycles. The number of nitrogens with one attached hydrogen (secondary N) is 2. The summed E-state index contributed by atoms with van der Waals surface area (Å²) >= 11 is 0. The first kappa shape index (κ1) is 13.5. The van der Waals surface area contributed by atoms with Crippen LogP contribution in [-0.4, -0.2) is 23.9 Å². The first-order valence-electron chi connectivity index (χ1n) is 6.35. The molecule has 1 unspecified atom stereocenters. The van der Waals surface area contributed by atoms with Crippen LogP contribution >= 0.6 is 0 Å². The van der Waals surface area contributed by atoms with Crippen molar-refractivity contribution in [2.45, 2.75) is 38.8 Å². The van der Waals surface area contributed by atoms with Gasteiger partial charge in [-0.25, -0.2) is 4.39 Å². The van der Waals surface area contributed by atoms with Crippen LogP contribution in [0.5, 0.6) is 0 Å². The molecule has 0 spiro atoms. The first-order valence-corrected chi connectivity index (χ1v) is 6.35. The molecule has 2 N–H and O–H groups in total. The highest BCUT2D eigenvalue weighted by Crippen LogP contribution is 2.18. The lowest BCUT2D eigenvalue weighted by molar-refractivity contribution is -0.122. The van der Waals surface area contributed by atoms with Gasteiger partial charge in [-0.05, 0) is 44.4 Å². The number of aryl methyl sites for hydroxylation is 1. The van der Waals surface area contributed by atoms with E-state index >= 15 is 0 Å². The molecular weight excluding hydrogens is 247 g/mol. The molecule has 1 aromatic rings. The third-order valence-electron chi connectivity index (χ3n) is 3.03. The van der Waals surface area contributed by atoms with Crippen molar-refractivity contribution in [3.8, 4) is 0 Å². The van der Waals surface area contributed by atoms with Gasteiger partial charge in [0.15, 0.2) is 0 Å². The molecule has 2 rings (SSSR count). The van der Waals surface area contributed by atoms with E-state index in [0.29, 0.717) is 0 Å². The molecule has 0 aromatic heterocycles. The molecule has 0 bridgehead atoms. The maximum Gasteiger partial charge on any atom is 0.254 e. The van der Waals surface area contributed by atoms with Gasteiger partial charge in [0.2, 0.25) is 5.91 Å². The van der Waals surface area contributed by atoms with Crippen LogP contribution in [0.15, 0.2) is 18.2 Å². The van der Waals surface area contributed by atoms with Crippen LogP contribution in [0.3, 0.4) is 0 Å². The summed E-state index contributed by atoms with van der Waals surface area (Å²) in [5, 5.41) is 5.29. The van der Waals surface area contributed by atoms with Crippen molar-refractivity contribution >= 4 is 11.8 Å². The van der Waals surface area contributed by atoms with E-state index in [2.05, 4.69) is 10.6 Å². The molecule has 1 saturated carbocycles. The Hall–Kier alpha value is -1.91. The Morgan fingerprint density at radius 2 is 2.05 bits per heavy atom. The summed E-state index contributed by atoms with van der Waals surface area (Å²) < 4.78 is 13.6. The van der Waals surface area contributed by atoms with Crippen molar-refractivity contribution in [2.75, 3.05) is 0 Å². The minimum absolute atomic E-state index is 0.0447. The Morgan fingerprint density at radius 3 is 2.63 bits per heavy atom. The van der Waals surface area contributed by atoms with Gasteiger partial charge in [0.05, 0.1) is 5.56 Å². The predicted octanol–water partition coefficient (Wildman–Crippen LogP) is 1.53. The highest BCUT2D eigenvalue weighted by atomic mass is 19.1. The van der Waals surface area contributed by atoms with Gasteiger partial charge in [-0.1, -0.05) is 6.07 Å². The van der Waals surface area contributed by atoms with Gasteiger partial charge in [0, 0.05) is 6.04 Å². The molecule has 2 amide bonds. The molecule has 5 heteroatoms. The van der Waals surface area contributed by atoms with Gasteiger partial charge in [0.1, 0.15) is 11.9 Å². The Bertz CT molecular complexity index is 512. The molecule has 0 heterocycles. The monoisotopic (exact) mass is 264 g/mol. The largest absolute Gasteiger partial charge is 0.352 e. The van der Waals surface area contributed by atoms with Crippen LogP contribution in [-0.2, 0) is 4.79 Å². The molecule has 0 saturated heterocycles. The second kappa shape index (κ2) is 5.38. The third kappa shape index (κ3) is 3.53. The van der Waals surface area contributed by atoms with Gasteiger partial charge in [-0.15, -0.1) is 0 Å². The lowest BCUT2D eigenvalue weighted by Crippen LogP contribution is -2.45. The molecule has 0 radical (unpaired) electrons. The fourth-order valence-corrected chi connectivity index (χ4v) is 1.70. The van der Waals surface area contributed by atoms with Crippen LogP contribution in [0.25, 0.3) is 0 Å². The highest BCUT2D eigenvalue weighted by molar-refractivity contribution is 5.97. The Kier molecular flexibility index (Phi) is 3.83. The maximum atomic E-state index is 13.6. The van der Waals surface area contributed by atoms with Crippen LogP contribution in [0.2, 0.25) is 0 Å². The van der Waals surface area contributed by atoms with E-state index in [1.807, 2.05) is 0 Å². The molecule has 1 aliphatic carbocycles. The number of carbonyl (C=O) groups is 2. The molecule has 0 aliphatic heterocycles. The number of rotatable bonds is 4. The summed E-state index contributed by atoms with van der Waals surface area (Å²) in [5.41, 5.74) is 0.699. The average Bonchev–Trinajstić information content (AvgIpc) is 3.12. The fraction of sp³-hybridized carbons (Fsp3) is 0.429. The average molecular weight is 264 g/mol. The standard InChI is InChI=1S/C14H17FN2O2/c1-8-3-6-11(12(15)7-8)14(19)16-9(2)13(18)17-10-4-5-10/h3,6-7,9-10H,4-5H2,1-2H3,(H,16,19)(H,17,18). The summed E-state index contributed by atoms with van der Waals surface area (Å²) in [6.45, 7) is 3.33.